The quantitative estimate of drug-likeness (QED) is 0.162. The molecule has 4 nitrogen and oxygen atoms in total. The molecule has 0 aliphatic carbocycles. The van der Waals surface area contributed by atoms with Crippen molar-refractivity contribution in [2.75, 3.05) is 9.80 Å². The van der Waals surface area contributed by atoms with Crippen molar-refractivity contribution in [2.45, 2.75) is 0 Å². The van der Waals surface area contributed by atoms with Gasteiger partial charge in [0.1, 0.15) is 0 Å². The van der Waals surface area contributed by atoms with Crippen LogP contribution in [-0.2, 0) is 0 Å². The second kappa shape index (κ2) is 14.0. The van der Waals surface area contributed by atoms with E-state index in [4.69, 9.17) is 4.74 Å². The number of aromatic nitrogens is 1. The van der Waals surface area contributed by atoms with E-state index < -0.39 is 0 Å². The first-order valence-electron chi connectivity index (χ1n) is 19.7. The fourth-order valence-electron chi connectivity index (χ4n) is 8.43. The van der Waals surface area contributed by atoms with Gasteiger partial charge in [-0.1, -0.05) is 127 Å². The Kier molecular flexibility index (Phi) is 8.11. The van der Waals surface area contributed by atoms with E-state index in [-0.39, 0.29) is 0 Å². The number of rotatable bonds is 7. The number of fused-ring (bicyclic) bond motifs is 5. The lowest BCUT2D eigenvalue weighted by Gasteiger charge is -2.33. The van der Waals surface area contributed by atoms with Gasteiger partial charge in [0.25, 0.3) is 0 Å². The van der Waals surface area contributed by atoms with E-state index in [9.17, 15) is 0 Å². The molecule has 1 aliphatic heterocycles. The first-order chi connectivity index (χ1) is 28.8. The molecule has 11 rings (SSSR count). The molecule has 9 aromatic carbocycles. The summed E-state index contributed by atoms with van der Waals surface area (Å²) in [6.07, 6.45) is 0. The molecule has 0 radical (unpaired) electrons. The highest BCUT2D eigenvalue weighted by atomic mass is 16.5. The maximum Gasteiger partial charge on any atom is 0.152 e. The van der Waals surface area contributed by atoms with Crippen molar-refractivity contribution in [2.24, 2.45) is 0 Å². The van der Waals surface area contributed by atoms with E-state index in [1.54, 1.807) is 0 Å². The molecule has 0 atom stereocenters. The van der Waals surface area contributed by atoms with Gasteiger partial charge in [0.15, 0.2) is 11.5 Å². The van der Waals surface area contributed by atoms with Gasteiger partial charge in [-0.15, -0.1) is 0 Å². The average molecular weight is 744 g/mol. The summed E-state index contributed by atoms with van der Waals surface area (Å²) in [5, 5.41) is 2.51. The van der Waals surface area contributed by atoms with Crippen LogP contribution >= 0.6 is 0 Å². The Morgan fingerprint density at radius 1 is 0.328 bits per heavy atom. The fourth-order valence-corrected chi connectivity index (χ4v) is 8.43. The summed E-state index contributed by atoms with van der Waals surface area (Å²) in [4.78, 5) is 4.60. The minimum atomic E-state index is 0.826. The molecule has 0 bridgehead atoms. The SMILES string of the molecule is c1ccc(-c2ccc(N(c3ccc(-c4ccc5c(c4)Oc4ccccc4N5c4ccccc4)cc3)c3ccc(-n4c5ccccc5c5ccccc54)cc3)cc2)cc1. The van der Waals surface area contributed by atoms with E-state index in [1.807, 2.05) is 18.2 Å². The Balaban J connectivity index is 0.968. The summed E-state index contributed by atoms with van der Waals surface area (Å²) in [5.74, 6) is 1.66. The van der Waals surface area contributed by atoms with Crippen molar-refractivity contribution in [1.29, 1.82) is 0 Å². The number of para-hydroxylation sites is 5. The zero-order valence-corrected chi connectivity index (χ0v) is 31.6. The van der Waals surface area contributed by atoms with Crippen LogP contribution in [0.4, 0.5) is 34.1 Å². The molecule has 1 aromatic heterocycles. The minimum Gasteiger partial charge on any atom is -0.453 e. The van der Waals surface area contributed by atoms with Gasteiger partial charge in [-0.2, -0.15) is 0 Å². The van der Waals surface area contributed by atoms with Crippen LogP contribution in [0.1, 0.15) is 0 Å². The van der Waals surface area contributed by atoms with Crippen LogP contribution in [0.3, 0.4) is 0 Å². The summed E-state index contributed by atoms with van der Waals surface area (Å²) < 4.78 is 8.91. The zero-order chi connectivity index (χ0) is 38.4. The van der Waals surface area contributed by atoms with E-state index >= 15 is 0 Å². The molecule has 0 fully saturated rings. The maximum atomic E-state index is 6.54. The second-order valence-corrected chi connectivity index (χ2v) is 14.6. The molecular weight excluding hydrogens is 707 g/mol. The van der Waals surface area contributed by atoms with Crippen LogP contribution in [0.25, 0.3) is 49.7 Å². The van der Waals surface area contributed by atoms with Crippen molar-refractivity contribution in [1.82, 2.24) is 4.57 Å². The van der Waals surface area contributed by atoms with Gasteiger partial charge in [-0.05, 0) is 119 Å². The topological polar surface area (TPSA) is 20.6 Å². The average Bonchev–Trinajstić information content (AvgIpc) is 3.64. The van der Waals surface area contributed by atoms with Crippen LogP contribution in [0.15, 0.2) is 224 Å². The largest absolute Gasteiger partial charge is 0.453 e. The van der Waals surface area contributed by atoms with E-state index in [0.717, 1.165) is 62.4 Å². The molecule has 0 saturated heterocycles. The van der Waals surface area contributed by atoms with Gasteiger partial charge >= 0.3 is 0 Å². The predicted molar refractivity (Wildman–Crippen MR) is 241 cm³/mol. The normalized spacial score (nSPS) is 11.9. The smallest absolute Gasteiger partial charge is 0.152 e. The van der Waals surface area contributed by atoms with Crippen LogP contribution in [0.2, 0.25) is 0 Å². The molecule has 10 aromatic rings. The Labute approximate surface area is 337 Å². The molecule has 0 spiro atoms. The lowest BCUT2D eigenvalue weighted by molar-refractivity contribution is 0.477. The molecule has 4 heteroatoms. The summed E-state index contributed by atoms with van der Waals surface area (Å²) in [7, 11) is 0. The summed E-state index contributed by atoms with van der Waals surface area (Å²) >= 11 is 0. The highest BCUT2D eigenvalue weighted by molar-refractivity contribution is 6.09. The molecule has 2 heterocycles. The van der Waals surface area contributed by atoms with Crippen LogP contribution < -0.4 is 14.5 Å². The number of benzene rings is 9. The van der Waals surface area contributed by atoms with Gasteiger partial charge in [0.05, 0.1) is 22.4 Å². The third-order valence-corrected chi connectivity index (χ3v) is 11.2. The molecule has 274 valence electrons. The standard InChI is InChI=1S/C54H37N3O/c1-3-13-38(14-4-1)39-23-28-43(29-24-39)55(45-32-34-46(35-33-45)56-49-19-9-7-17-47(49)48-18-8-10-20-50(48)56)44-30-25-40(26-31-44)41-27-36-52-54(37-41)58-53-22-12-11-21-51(53)57(52)42-15-5-2-6-16-42/h1-37H. The van der Waals surface area contributed by atoms with Crippen LogP contribution in [0.5, 0.6) is 11.5 Å². The molecular formula is C54H37N3O. The Bertz CT molecular complexity index is 3010. The zero-order valence-electron chi connectivity index (χ0n) is 31.6. The summed E-state index contributed by atoms with van der Waals surface area (Å²) in [5.41, 5.74) is 14.5. The van der Waals surface area contributed by atoms with Gasteiger partial charge in [-0.25, -0.2) is 0 Å². The third kappa shape index (κ3) is 5.78. The van der Waals surface area contributed by atoms with Crippen molar-refractivity contribution in [3.05, 3.63) is 224 Å². The maximum absolute atomic E-state index is 6.54. The van der Waals surface area contributed by atoms with Crippen molar-refractivity contribution >= 4 is 55.9 Å². The van der Waals surface area contributed by atoms with Crippen molar-refractivity contribution in [3.8, 4) is 39.4 Å². The van der Waals surface area contributed by atoms with Gasteiger partial charge in [0.2, 0.25) is 0 Å². The number of ether oxygens (including phenoxy) is 1. The number of anilines is 6. The molecule has 58 heavy (non-hydrogen) atoms. The van der Waals surface area contributed by atoms with E-state index in [2.05, 4.69) is 221 Å². The molecule has 0 unspecified atom stereocenters. The second-order valence-electron chi connectivity index (χ2n) is 14.6. The monoisotopic (exact) mass is 743 g/mol. The Hall–Kier alpha value is -7.82. The molecule has 0 amide bonds. The number of hydrogen-bond acceptors (Lipinski definition) is 3. The van der Waals surface area contributed by atoms with E-state index in [0.29, 0.717) is 0 Å². The molecule has 0 N–H and O–H groups in total. The molecule has 1 aliphatic rings. The first-order valence-corrected chi connectivity index (χ1v) is 19.7. The van der Waals surface area contributed by atoms with Crippen molar-refractivity contribution in [3.63, 3.8) is 0 Å². The van der Waals surface area contributed by atoms with E-state index in [1.165, 1.54) is 32.9 Å². The van der Waals surface area contributed by atoms with Crippen LogP contribution in [0, 0.1) is 0 Å². The fraction of sp³-hybridized carbons (Fsp3) is 0. The third-order valence-electron chi connectivity index (χ3n) is 11.2. The van der Waals surface area contributed by atoms with Crippen molar-refractivity contribution < 1.29 is 4.74 Å². The lowest BCUT2D eigenvalue weighted by atomic mass is 10.0. The summed E-state index contributed by atoms with van der Waals surface area (Å²) in [6.45, 7) is 0. The van der Waals surface area contributed by atoms with Gasteiger partial charge < -0.3 is 19.1 Å². The van der Waals surface area contributed by atoms with Gasteiger partial charge in [0, 0.05) is 39.2 Å². The number of hydrogen-bond donors (Lipinski definition) is 0. The molecule has 0 saturated carbocycles. The number of nitrogens with zero attached hydrogens (tertiary/aromatic N) is 3. The summed E-state index contributed by atoms with van der Waals surface area (Å²) in [6, 6.07) is 79.7. The highest BCUT2D eigenvalue weighted by Gasteiger charge is 2.26. The van der Waals surface area contributed by atoms with Gasteiger partial charge in [-0.3, -0.25) is 0 Å². The minimum absolute atomic E-state index is 0.826. The first kappa shape index (κ1) is 33.5. The Morgan fingerprint density at radius 3 is 1.43 bits per heavy atom. The lowest BCUT2D eigenvalue weighted by Crippen LogP contribution is -2.15. The highest BCUT2D eigenvalue weighted by Crippen LogP contribution is 2.51. The predicted octanol–water partition coefficient (Wildman–Crippen LogP) is 15.2. The Morgan fingerprint density at radius 2 is 0.793 bits per heavy atom. The van der Waals surface area contributed by atoms with Crippen LogP contribution in [-0.4, -0.2) is 4.57 Å².